The van der Waals surface area contributed by atoms with Gasteiger partial charge in [0.1, 0.15) is 28.7 Å². The Morgan fingerprint density at radius 1 is 1.18 bits per heavy atom. The maximum Gasteiger partial charge on any atom is 0.255 e. The average molecular weight is 559 g/mol. The standard InChI is InChI=1S/C28H35FN4O7/c1-31(2)14-5-6-33(11-14)10-13-9-17(34)19-15(21(13)29)7-12-8-16-22(32(3)4)24(36)20(27(30)39)26(38)28(16,40)25(37)18(12)23(19)35/h9,12,14,16,22,34-35,38,40H,5-8,10-11H2,1-4H3,(H2,30,39)/t12-,14+,16-,22-,28-/m0/s1. The molecule has 0 unspecified atom stereocenters. The number of Topliss-reactive ketones (excluding diaryl/α,β-unsaturated/α-hetero) is 2. The average Bonchev–Trinajstić information content (AvgIpc) is 3.33. The lowest BCUT2D eigenvalue weighted by Gasteiger charge is -2.50. The molecule has 1 aliphatic heterocycles. The summed E-state index contributed by atoms with van der Waals surface area (Å²) in [5.41, 5.74) is 1.49. The number of phenolic OH excluding ortho intramolecular Hbond substituents is 1. The van der Waals surface area contributed by atoms with Crippen molar-refractivity contribution in [2.45, 2.75) is 43.5 Å². The molecule has 4 aliphatic rings. The summed E-state index contributed by atoms with van der Waals surface area (Å²) in [5, 5.41) is 44.7. The quantitative estimate of drug-likeness (QED) is 0.316. The zero-order valence-electron chi connectivity index (χ0n) is 22.9. The highest BCUT2D eigenvalue weighted by atomic mass is 19.1. The molecule has 0 spiro atoms. The molecule has 1 aromatic rings. The van der Waals surface area contributed by atoms with E-state index in [4.69, 9.17) is 5.73 Å². The third-order valence-corrected chi connectivity index (χ3v) is 9.10. The molecule has 1 aromatic carbocycles. The Hall–Kier alpha value is -3.32. The molecule has 6 N–H and O–H groups in total. The molecule has 1 heterocycles. The van der Waals surface area contributed by atoms with E-state index in [1.54, 1.807) is 0 Å². The summed E-state index contributed by atoms with van der Waals surface area (Å²) in [6.45, 7) is 1.75. The van der Waals surface area contributed by atoms with Gasteiger partial charge in [-0.3, -0.25) is 24.2 Å². The summed E-state index contributed by atoms with van der Waals surface area (Å²) >= 11 is 0. The fourth-order valence-corrected chi connectivity index (χ4v) is 7.08. The minimum absolute atomic E-state index is 0.0453. The SMILES string of the molecule is CN(C)[C@@H]1CCN(Cc2cc(O)c3c(c2F)C[C@H]2C[C@H]4[C@H](N(C)C)C(=O)C(C(N)=O)=C(O)[C@@]4(O)C(=O)C2=C3O)C1. The number of nitrogens with two attached hydrogens (primary N) is 1. The summed E-state index contributed by atoms with van der Waals surface area (Å²) < 4.78 is 16.0. The minimum Gasteiger partial charge on any atom is -0.508 e. The van der Waals surface area contributed by atoms with Crippen molar-refractivity contribution in [3.8, 4) is 5.75 Å². The summed E-state index contributed by atoms with van der Waals surface area (Å²) in [4.78, 5) is 44.7. The Balaban J connectivity index is 1.59. The number of rotatable bonds is 5. The van der Waals surface area contributed by atoms with Crippen LogP contribution in [0.3, 0.4) is 0 Å². The van der Waals surface area contributed by atoms with Crippen LogP contribution in [0, 0.1) is 17.7 Å². The number of aliphatic hydroxyl groups excluding tert-OH is 2. The van der Waals surface area contributed by atoms with Gasteiger partial charge in [0.2, 0.25) is 5.78 Å². The van der Waals surface area contributed by atoms with Gasteiger partial charge in [-0.1, -0.05) is 0 Å². The summed E-state index contributed by atoms with van der Waals surface area (Å²) in [6.07, 6.45) is 0.756. The fourth-order valence-electron chi connectivity index (χ4n) is 7.08. The number of amides is 1. The van der Waals surface area contributed by atoms with Crippen LogP contribution in [0.15, 0.2) is 23.0 Å². The van der Waals surface area contributed by atoms with E-state index >= 15 is 4.39 Å². The molecule has 2 fully saturated rings. The molecule has 40 heavy (non-hydrogen) atoms. The van der Waals surface area contributed by atoms with Crippen molar-refractivity contribution in [2.24, 2.45) is 17.6 Å². The van der Waals surface area contributed by atoms with E-state index in [1.165, 1.54) is 25.1 Å². The lowest BCUT2D eigenvalue weighted by Crippen LogP contribution is -2.65. The second-order valence-electron chi connectivity index (χ2n) is 11.8. The summed E-state index contributed by atoms with van der Waals surface area (Å²) in [6, 6.07) is 0.379. The third kappa shape index (κ3) is 3.96. The molecule has 0 bridgehead atoms. The van der Waals surface area contributed by atoms with E-state index in [2.05, 4.69) is 9.80 Å². The number of halogens is 1. The molecular weight excluding hydrogens is 523 g/mol. The molecule has 12 heteroatoms. The molecule has 1 amide bonds. The highest BCUT2D eigenvalue weighted by Gasteiger charge is 2.64. The molecule has 1 saturated heterocycles. The molecule has 5 rings (SSSR count). The molecule has 11 nitrogen and oxygen atoms in total. The number of benzene rings is 1. The highest BCUT2D eigenvalue weighted by Crippen LogP contribution is 2.53. The largest absolute Gasteiger partial charge is 0.508 e. The Labute approximate surface area is 231 Å². The van der Waals surface area contributed by atoms with Gasteiger partial charge < -0.3 is 31.1 Å². The van der Waals surface area contributed by atoms with Crippen LogP contribution in [-0.2, 0) is 27.3 Å². The molecule has 0 radical (unpaired) electrons. The van der Waals surface area contributed by atoms with Crippen molar-refractivity contribution in [2.75, 3.05) is 41.3 Å². The number of nitrogens with zero attached hydrogens (tertiary/aromatic N) is 3. The van der Waals surface area contributed by atoms with E-state index in [-0.39, 0.29) is 41.6 Å². The number of hydrogen-bond acceptors (Lipinski definition) is 10. The van der Waals surface area contributed by atoms with Crippen LogP contribution in [0.2, 0.25) is 0 Å². The number of aliphatic hydroxyl groups is 3. The molecule has 5 atom stereocenters. The Bertz CT molecular complexity index is 1390. The van der Waals surface area contributed by atoms with Crippen LogP contribution in [-0.4, -0.2) is 112 Å². The minimum atomic E-state index is -2.72. The summed E-state index contributed by atoms with van der Waals surface area (Å²) in [7, 11) is 7.03. The zero-order valence-corrected chi connectivity index (χ0v) is 22.9. The first-order valence-corrected chi connectivity index (χ1v) is 13.3. The van der Waals surface area contributed by atoms with Gasteiger partial charge in [0.05, 0.1) is 11.6 Å². The van der Waals surface area contributed by atoms with Crippen molar-refractivity contribution in [3.63, 3.8) is 0 Å². The number of fused-ring (bicyclic) bond motifs is 3. The maximum absolute atomic E-state index is 16.0. The van der Waals surface area contributed by atoms with E-state index in [0.29, 0.717) is 6.04 Å². The zero-order chi connectivity index (χ0) is 29.4. The monoisotopic (exact) mass is 558 g/mol. The molecule has 3 aliphatic carbocycles. The van der Waals surface area contributed by atoms with Crippen molar-refractivity contribution in [3.05, 3.63) is 45.5 Å². The first-order chi connectivity index (χ1) is 18.7. The normalized spacial score (nSPS) is 30.7. The third-order valence-electron chi connectivity index (χ3n) is 9.10. The number of carbonyl (C=O) groups is 3. The predicted octanol–water partition coefficient (Wildman–Crippen LogP) is 0.239. The van der Waals surface area contributed by atoms with Crippen LogP contribution in [0.25, 0.3) is 5.76 Å². The smallest absolute Gasteiger partial charge is 0.255 e. The number of aromatic hydroxyl groups is 1. The number of primary amides is 1. The van der Waals surface area contributed by atoms with Crippen molar-refractivity contribution in [1.82, 2.24) is 14.7 Å². The lowest BCUT2D eigenvalue weighted by atomic mass is 9.57. The number of hydrogen-bond donors (Lipinski definition) is 5. The number of phenols is 1. The van der Waals surface area contributed by atoms with Crippen molar-refractivity contribution >= 4 is 23.2 Å². The van der Waals surface area contributed by atoms with Gasteiger partial charge in [0.15, 0.2) is 11.4 Å². The molecule has 216 valence electrons. The van der Waals surface area contributed by atoms with Gasteiger partial charge in [-0.15, -0.1) is 0 Å². The van der Waals surface area contributed by atoms with E-state index in [0.717, 1.165) is 19.5 Å². The number of likely N-dealkylation sites (tertiary alicyclic amines) is 1. The molecular formula is C28H35FN4O7. The Kier molecular flexibility index (Phi) is 6.81. The second kappa shape index (κ2) is 9.65. The topological polar surface area (TPSA) is 168 Å². The lowest BCUT2D eigenvalue weighted by molar-refractivity contribution is -0.153. The van der Waals surface area contributed by atoms with Crippen LogP contribution >= 0.6 is 0 Å². The maximum atomic E-state index is 16.0. The van der Waals surface area contributed by atoms with Crippen LogP contribution in [0.4, 0.5) is 4.39 Å². The van der Waals surface area contributed by atoms with Gasteiger partial charge in [0, 0.05) is 48.3 Å². The van der Waals surface area contributed by atoms with E-state index < -0.39 is 69.6 Å². The van der Waals surface area contributed by atoms with Gasteiger partial charge in [0.25, 0.3) is 5.91 Å². The van der Waals surface area contributed by atoms with Gasteiger partial charge in [-0.05, 0) is 59.4 Å². The van der Waals surface area contributed by atoms with Crippen molar-refractivity contribution < 1.29 is 39.2 Å². The Morgan fingerprint density at radius 3 is 2.42 bits per heavy atom. The number of ketones is 2. The Morgan fingerprint density at radius 2 is 1.85 bits per heavy atom. The van der Waals surface area contributed by atoms with Crippen LogP contribution < -0.4 is 5.73 Å². The van der Waals surface area contributed by atoms with E-state index in [9.17, 15) is 34.8 Å². The van der Waals surface area contributed by atoms with Gasteiger partial charge in [-0.25, -0.2) is 4.39 Å². The fraction of sp³-hybridized carbons (Fsp3) is 0.536. The van der Waals surface area contributed by atoms with Crippen LogP contribution in [0.5, 0.6) is 5.75 Å². The van der Waals surface area contributed by atoms with E-state index in [1.807, 2.05) is 14.1 Å². The predicted molar refractivity (Wildman–Crippen MR) is 142 cm³/mol. The first-order valence-electron chi connectivity index (χ1n) is 13.3. The van der Waals surface area contributed by atoms with Gasteiger partial charge in [-0.2, -0.15) is 0 Å². The highest BCUT2D eigenvalue weighted by molar-refractivity contribution is 6.24. The molecule has 1 saturated carbocycles. The van der Waals surface area contributed by atoms with Gasteiger partial charge >= 0.3 is 0 Å². The second-order valence-corrected chi connectivity index (χ2v) is 11.8. The molecule has 0 aromatic heterocycles. The number of carbonyl (C=O) groups excluding carboxylic acids is 3. The van der Waals surface area contributed by atoms with Crippen molar-refractivity contribution in [1.29, 1.82) is 0 Å². The summed E-state index contributed by atoms with van der Waals surface area (Å²) in [5.74, 6) is -8.16. The number of likely N-dealkylation sites (N-methyl/N-ethyl adjacent to an activating group) is 2. The van der Waals surface area contributed by atoms with Crippen LogP contribution in [0.1, 0.15) is 29.5 Å². The first kappa shape index (κ1) is 28.2.